The lowest BCUT2D eigenvalue weighted by Gasteiger charge is -2.50. The third-order valence-corrected chi connectivity index (χ3v) is 8.15. The summed E-state index contributed by atoms with van der Waals surface area (Å²) in [6, 6.07) is 13.4. The van der Waals surface area contributed by atoms with E-state index in [1.54, 1.807) is 14.2 Å². The number of hydrazone groups is 1. The highest BCUT2D eigenvalue weighted by molar-refractivity contribution is 6.30. The second-order valence-electron chi connectivity index (χ2n) is 10.3. The van der Waals surface area contributed by atoms with Crippen LogP contribution in [-0.4, -0.2) is 60.5 Å². The average molecular weight is 554 g/mol. The molecule has 2 aromatic carbocycles. The number of hydrogen-bond donors (Lipinski definition) is 2. The van der Waals surface area contributed by atoms with Gasteiger partial charge in [-0.2, -0.15) is 5.10 Å². The number of methoxy groups -OCH3 is 2. The lowest BCUT2D eigenvalue weighted by Crippen LogP contribution is -2.67. The molecular formula is C29H36ClN5O4. The summed E-state index contributed by atoms with van der Waals surface area (Å²) >= 11 is 6.07. The highest BCUT2D eigenvalue weighted by Gasteiger charge is 2.50. The fraction of sp³-hybridized carbons (Fsp3) is 0.483. The van der Waals surface area contributed by atoms with Gasteiger partial charge < -0.3 is 19.7 Å². The van der Waals surface area contributed by atoms with Gasteiger partial charge in [-0.3, -0.25) is 19.9 Å². The van der Waals surface area contributed by atoms with Gasteiger partial charge in [-0.1, -0.05) is 36.6 Å². The van der Waals surface area contributed by atoms with Crippen molar-refractivity contribution in [3.63, 3.8) is 0 Å². The second kappa shape index (κ2) is 12.2. The van der Waals surface area contributed by atoms with Crippen LogP contribution in [0.4, 0.5) is 0 Å². The third kappa shape index (κ3) is 5.93. The molecule has 3 aliphatic rings. The van der Waals surface area contributed by atoms with Crippen molar-refractivity contribution in [2.45, 2.75) is 63.8 Å². The first-order chi connectivity index (χ1) is 19.0. The molecule has 0 spiro atoms. The molecule has 9 nitrogen and oxygen atoms in total. The quantitative estimate of drug-likeness (QED) is 0.463. The summed E-state index contributed by atoms with van der Waals surface area (Å²) in [5.41, 5.74) is 5.20. The second-order valence-corrected chi connectivity index (χ2v) is 10.7. The van der Waals surface area contributed by atoms with E-state index in [1.165, 1.54) is 0 Å². The molecule has 5 rings (SSSR count). The maximum Gasteiger partial charge on any atom is 0.231 e. The number of nitrogens with one attached hydrogen (secondary N) is 2. The number of ether oxygens (including phenoxy) is 2. The lowest BCUT2D eigenvalue weighted by atomic mass is 9.80. The van der Waals surface area contributed by atoms with Crippen LogP contribution >= 0.6 is 11.6 Å². The number of fused-ring (bicyclic) bond motifs is 3. The minimum Gasteiger partial charge on any atom is -0.497 e. The Kier molecular flexibility index (Phi) is 8.45. The Labute approximate surface area is 234 Å². The maximum atomic E-state index is 13.6. The predicted octanol–water partition coefficient (Wildman–Crippen LogP) is 3.90. The van der Waals surface area contributed by atoms with E-state index in [9.17, 15) is 9.59 Å². The third-order valence-electron chi connectivity index (χ3n) is 7.90. The van der Waals surface area contributed by atoms with E-state index in [0.29, 0.717) is 37.4 Å². The van der Waals surface area contributed by atoms with Crippen LogP contribution in [0.3, 0.4) is 0 Å². The molecule has 208 valence electrons. The summed E-state index contributed by atoms with van der Waals surface area (Å²) in [6.07, 6.45) is 5.10. The first-order valence-electron chi connectivity index (χ1n) is 13.6. The molecule has 0 bridgehead atoms. The first-order valence-corrected chi connectivity index (χ1v) is 14.0. The number of amides is 2. The van der Waals surface area contributed by atoms with Gasteiger partial charge in [0.1, 0.15) is 17.3 Å². The van der Waals surface area contributed by atoms with Gasteiger partial charge in [0.25, 0.3) is 0 Å². The number of halogens is 1. The van der Waals surface area contributed by atoms with Gasteiger partial charge in [0.05, 0.1) is 20.1 Å². The van der Waals surface area contributed by atoms with Crippen molar-refractivity contribution in [3.8, 4) is 11.5 Å². The van der Waals surface area contributed by atoms with Gasteiger partial charge in [-0.05, 0) is 60.7 Å². The van der Waals surface area contributed by atoms with Crippen molar-refractivity contribution in [1.82, 2.24) is 20.5 Å². The first kappa shape index (κ1) is 27.1. The Morgan fingerprint density at radius 3 is 2.67 bits per heavy atom. The smallest absolute Gasteiger partial charge is 0.231 e. The summed E-state index contributed by atoms with van der Waals surface area (Å²) in [4.78, 5) is 30.5. The van der Waals surface area contributed by atoms with E-state index >= 15 is 0 Å². The standard InChI is InChI=1S/C29H36ClN5O4/c1-38-22-11-12-25(39-2)20(17-22)15-16-31-27(36)14-13-26-32-33-29-34(18-19-7-9-21(30)10-8-19)28(37)23-5-3-4-6-24(23)35(26)29/h7-12,17,23-24,29,33H,3-6,13-16,18H2,1-2H3,(H,31,36). The van der Waals surface area contributed by atoms with Crippen LogP contribution in [0.5, 0.6) is 11.5 Å². The van der Waals surface area contributed by atoms with Crippen molar-refractivity contribution in [2.75, 3.05) is 20.8 Å². The monoisotopic (exact) mass is 553 g/mol. The number of amidine groups is 1. The van der Waals surface area contributed by atoms with E-state index < -0.39 is 0 Å². The summed E-state index contributed by atoms with van der Waals surface area (Å²) in [5, 5.41) is 8.31. The molecule has 2 heterocycles. The Morgan fingerprint density at radius 1 is 1.10 bits per heavy atom. The summed E-state index contributed by atoms with van der Waals surface area (Å²) in [7, 11) is 3.26. The zero-order valence-electron chi connectivity index (χ0n) is 22.5. The largest absolute Gasteiger partial charge is 0.497 e. The van der Waals surface area contributed by atoms with E-state index in [1.807, 2.05) is 47.4 Å². The molecule has 2 amide bonds. The van der Waals surface area contributed by atoms with Gasteiger partial charge in [-0.25, -0.2) is 0 Å². The lowest BCUT2D eigenvalue weighted by molar-refractivity contribution is -0.156. The molecule has 3 unspecified atom stereocenters. The minimum atomic E-state index is -0.342. The molecule has 1 aliphatic carbocycles. The van der Waals surface area contributed by atoms with E-state index in [-0.39, 0.29) is 30.1 Å². The van der Waals surface area contributed by atoms with Crippen LogP contribution in [0.2, 0.25) is 5.02 Å². The molecule has 2 aliphatic heterocycles. The summed E-state index contributed by atoms with van der Waals surface area (Å²) in [5.74, 6) is 2.45. The highest BCUT2D eigenvalue weighted by atomic mass is 35.5. The average Bonchev–Trinajstić information content (AvgIpc) is 3.39. The van der Waals surface area contributed by atoms with Gasteiger partial charge in [0.2, 0.25) is 11.8 Å². The SMILES string of the molecule is COc1ccc(OC)c(CCNC(=O)CCC2=NNC3N(Cc4ccc(Cl)cc4)C(=O)C4CCCCC4N23)c1. The number of carbonyl (C=O) groups is 2. The van der Waals surface area contributed by atoms with E-state index in [4.69, 9.17) is 21.1 Å². The number of rotatable bonds is 10. The molecule has 1 saturated carbocycles. The molecule has 39 heavy (non-hydrogen) atoms. The summed E-state index contributed by atoms with van der Waals surface area (Å²) < 4.78 is 10.8. The van der Waals surface area contributed by atoms with Gasteiger partial charge >= 0.3 is 0 Å². The van der Waals surface area contributed by atoms with Crippen molar-refractivity contribution < 1.29 is 19.1 Å². The fourth-order valence-corrected chi connectivity index (χ4v) is 6.04. The van der Waals surface area contributed by atoms with Crippen molar-refractivity contribution >= 4 is 29.3 Å². The van der Waals surface area contributed by atoms with Crippen LogP contribution in [0.25, 0.3) is 0 Å². The summed E-state index contributed by atoms with van der Waals surface area (Å²) in [6.45, 7) is 0.970. The van der Waals surface area contributed by atoms with Crippen molar-refractivity contribution in [2.24, 2.45) is 11.0 Å². The Bertz CT molecular complexity index is 1220. The van der Waals surface area contributed by atoms with Gasteiger partial charge in [0, 0.05) is 37.0 Å². The number of hydrogen-bond acceptors (Lipinski definition) is 7. The van der Waals surface area contributed by atoms with Crippen molar-refractivity contribution in [1.29, 1.82) is 0 Å². The maximum absolute atomic E-state index is 13.6. The zero-order chi connectivity index (χ0) is 27.4. The highest BCUT2D eigenvalue weighted by Crippen LogP contribution is 2.38. The molecule has 1 saturated heterocycles. The molecule has 2 N–H and O–H groups in total. The van der Waals surface area contributed by atoms with Crippen LogP contribution in [0.1, 0.15) is 49.7 Å². The minimum absolute atomic E-state index is 0.0330. The van der Waals surface area contributed by atoms with E-state index in [2.05, 4.69) is 20.7 Å². The Balaban J connectivity index is 1.20. The van der Waals surface area contributed by atoms with Crippen LogP contribution in [0, 0.1) is 5.92 Å². The van der Waals surface area contributed by atoms with Crippen molar-refractivity contribution in [3.05, 3.63) is 58.6 Å². The van der Waals surface area contributed by atoms with E-state index in [0.717, 1.165) is 54.1 Å². The zero-order valence-corrected chi connectivity index (χ0v) is 23.2. The molecule has 10 heteroatoms. The Hall–Kier alpha value is -3.46. The fourth-order valence-electron chi connectivity index (χ4n) is 5.92. The predicted molar refractivity (Wildman–Crippen MR) is 149 cm³/mol. The molecular weight excluding hydrogens is 518 g/mol. The van der Waals surface area contributed by atoms with Gasteiger partial charge in [0.15, 0.2) is 6.29 Å². The van der Waals surface area contributed by atoms with Crippen LogP contribution in [0.15, 0.2) is 47.6 Å². The van der Waals surface area contributed by atoms with Crippen LogP contribution < -0.4 is 20.2 Å². The normalized spacial score (nSPS) is 22.0. The number of benzene rings is 2. The molecule has 2 fully saturated rings. The van der Waals surface area contributed by atoms with Crippen LogP contribution in [-0.2, 0) is 22.6 Å². The molecule has 0 aromatic heterocycles. The number of nitrogens with zero attached hydrogens (tertiary/aromatic N) is 3. The molecule has 3 atom stereocenters. The van der Waals surface area contributed by atoms with Gasteiger partial charge in [-0.15, -0.1) is 0 Å². The number of carbonyl (C=O) groups excluding carboxylic acids is 2. The molecule has 2 aromatic rings. The Morgan fingerprint density at radius 2 is 1.90 bits per heavy atom. The molecule has 0 radical (unpaired) electrons. The topological polar surface area (TPSA) is 95.5 Å².